The van der Waals surface area contributed by atoms with Crippen LogP contribution in [0.25, 0.3) is 0 Å². The SMILES string of the molecule is CCN(CC)S(=O)(=O)c1ccc([C@H](C)NC(=O)COc2cccc(F)c2)cc1. The van der Waals surface area contributed by atoms with E-state index in [1.165, 1.54) is 34.6 Å². The second-order valence-corrected chi connectivity index (χ2v) is 8.13. The summed E-state index contributed by atoms with van der Waals surface area (Å²) in [4.78, 5) is 12.3. The first-order valence-corrected chi connectivity index (χ1v) is 10.5. The Bertz CT molecular complexity index is 897. The Labute approximate surface area is 165 Å². The van der Waals surface area contributed by atoms with Crippen LogP contribution in [0.1, 0.15) is 32.4 Å². The van der Waals surface area contributed by atoms with Crippen LogP contribution < -0.4 is 10.1 Å². The Morgan fingerprint density at radius 2 is 1.79 bits per heavy atom. The van der Waals surface area contributed by atoms with Crippen LogP contribution >= 0.6 is 0 Å². The number of benzene rings is 2. The molecule has 0 aliphatic heterocycles. The summed E-state index contributed by atoms with van der Waals surface area (Å²) in [6, 6.07) is 11.6. The largest absolute Gasteiger partial charge is 0.484 e. The minimum Gasteiger partial charge on any atom is -0.484 e. The molecule has 0 bridgehead atoms. The van der Waals surface area contributed by atoms with Gasteiger partial charge >= 0.3 is 0 Å². The summed E-state index contributed by atoms with van der Waals surface area (Å²) in [5, 5.41) is 2.77. The molecule has 0 aliphatic rings. The summed E-state index contributed by atoms with van der Waals surface area (Å²) in [6.45, 7) is 5.92. The molecule has 2 aromatic carbocycles. The minimum absolute atomic E-state index is 0.216. The third kappa shape index (κ3) is 5.53. The molecule has 0 spiro atoms. The standard InChI is InChI=1S/C20H25FN2O4S/c1-4-23(5-2)28(25,26)19-11-9-16(10-12-19)15(3)22-20(24)14-27-18-8-6-7-17(21)13-18/h6-13,15H,4-5,14H2,1-3H3,(H,22,24)/t15-/m0/s1. The van der Waals surface area contributed by atoms with E-state index < -0.39 is 15.8 Å². The zero-order chi connectivity index (χ0) is 20.7. The molecule has 6 nitrogen and oxygen atoms in total. The first-order valence-electron chi connectivity index (χ1n) is 9.05. The predicted octanol–water partition coefficient (Wildman–Crippen LogP) is 3.11. The van der Waals surface area contributed by atoms with Gasteiger partial charge in [0.2, 0.25) is 10.0 Å². The summed E-state index contributed by atoms with van der Waals surface area (Å²) in [7, 11) is -3.51. The quantitative estimate of drug-likeness (QED) is 0.692. The van der Waals surface area contributed by atoms with Crippen LogP contribution in [0.15, 0.2) is 53.4 Å². The van der Waals surface area contributed by atoms with Gasteiger partial charge < -0.3 is 10.1 Å². The Morgan fingerprint density at radius 1 is 1.14 bits per heavy atom. The predicted molar refractivity (Wildman–Crippen MR) is 105 cm³/mol. The topological polar surface area (TPSA) is 75.7 Å². The molecule has 1 atom stereocenters. The summed E-state index contributed by atoms with van der Waals surface area (Å²) in [6.07, 6.45) is 0. The molecule has 0 aliphatic carbocycles. The fraction of sp³-hybridized carbons (Fsp3) is 0.350. The van der Waals surface area contributed by atoms with E-state index >= 15 is 0 Å². The van der Waals surface area contributed by atoms with Gasteiger partial charge in [-0.2, -0.15) is 4.31 Å². The molecule has 0 saturated carbocycles. The van der Waals surface area contributed by atoms with Crippen molar-refractivity contribution in [1.82, 2.24) is 9.62 Å². The maximum atomic E-state index is 13.1. The smallest absolute Gasteiger partial charge is 0.258 e. The lowest BCUT2D eigenvalue weighted by Gasteiger charge is -2.19. The van der Waals surface area contributed by atoms with E-state index in [0.29, 0.717) is 13.1 Å². The summed E-state index contributed by atoms with van der Waals surface area (Å²) >= 11 is 0. The molecule has 0 fully saturated rings. The lowest BCUT2D eigenvalue weighted by Crippen LogP contribution is -2.31. The molecule has 0 saturated heterocycles. The third-order valence-electron chi connectivity index (χ3n) is 4.27. The highest BCUT2D eigenvalue weighted by molar-refractivity contribution is 7.89. The third-order valence-corrected chi connectivity index (χ3v) is 6.33. The van der Waals surface area contributed by atoms with Crippen LogP contribution in [0.4, 0.5) is 4.39 Å². The first-order chi connectivity index (χ1) is 13.3. The van der Waals surface area contributed by atoms with Gasteiger partial charge in [-0.3, -0.25) is 4.79 Å². The maximum absolute atomic E-state index is 13.1. The minimum atomic E-state index is -3.51. The number of rotatable bonds is 9. The van der Waals surface area contributed by atoms with Gasteiger partial charge in [-0.05, 0) is 36.8 Å². The Hall–Kier alpha value is -2.45. The number of hydrogen-bond acceptors (Lipinski definition) is 4. The van der Waals surface area contributed by atoms with Crippen molar-refractivity contribution in [3.8, 4) is 5.75 Å². The maximum Gasteiger partial charge on any atom is 0.258 e. The number of nitrogens with zero attached hydrogens (tertiary/aromatic N) is 1. The number of halogens is 1. The molecule has 0 radical (unpaired) electrons. The van der Waals surface area contributed by atoms with Crippen LogP contribution in [-0.4, -0.2) is 38.3 Å². The van der Waals surface area contributed by atoms with E-state index in [4.69, 9.17) is 4.74 Å². The van der Waals surface area contributed by atoms with E-state index in [-0.39, 0.29) is 29.2 Å². The number of carbonyl (C=O) groups is 1. The molecule has 2 rings (SSSR count). The molecule has 1 N–H and O–H groups in total. The number of carbonyl (C=O) groups excluding carboxylic acids is 1. The second kappa shape index (κ2) is 9.66. The zero-order valence-corrected chi connectivity index (χ0v) is 17.0. The van der Waals surface area contributed by atoms with Crippen LogP contribution in [0, 0.1) is 5.82 Å². The molecule has 0 unspecified atom stereocenters. The van der Waals surface area contributed by atoms with Crippen LogP contribution in [0.5, 0.6) is 5.75 Å². The first kappa shape index (κ1) is 21.8. The number of sulfonamides is 1. The number of ether oxygens (including phenoxy) is 1. The summed E-state index contributed by atoms with van der Waals surface area (Å²) in [5.41, 5.74) is 0.762. The van der Waals surface area contributed by atoms with Crippen molar-refractivity contribution < 1.29 is 22.3 Å². The Kier molecular flexibility index (Phi) is 7.53. The highest BCUT2D eigenvalue weighted by Gasteiger charge is 2.21. The van der Waals surface area contributed by atoms with Crippen molar-refractivity contribution in [3.63, 3.8) is 0 Å². The van der Waals surface area contributed by atoms with Crippen LogP contribution in [-0.2, 0) is 14.8 Å². The lowest BCUT2D eigenvalue weighted by molar-refractivity contribution is -0.123. The van der Waals surface area contributed by atoms with E-state index in [1.807, 2.05) is 0 Å². The van der Waals surface area contributed by atoms with Gasteiger partial charge in [0.15, 0.2) is 6.61 Å². The molecular weight excluding hydrogens is 383 g/mol. The number of hydrogen-bond donors (Lipinski definition) is 1. The average Bonchev–Trinajstić information content (AvgIpc) is 2.67. The van der Waals surface area contributed by atoms with Gasteiger partial charge in [0.25, 0.3) is 5.91 Å². The molecule has 28 heavy (non-hydrogen) atoms. The van der Waals surface area contributed by atoms with Gasteiger partial charge in [0.05, 0.1) is 10.9 Å². The van der Waals surface area contributed by atoms with Gasteiger partial charge in [0, 0.05) is 19.2 Å². The molecular formula is C20H25FN2O4S. The molecule has 152 valence electrons. The van der Waals surface area contributed by atoms with Gasteiger partial charge in [0.1, 0.15) is 11.6 Å². The number of amides is 1. The van der Waals surface area contributed by atoms with E-state index in [2.05, 4.69) is 5.32 Å². The molecule has 8 heteroatoms. The summed E-state index contributed by atoms with van der Waals surface area (Å²) in [5.74, 6) is -0.531. The van der Waals surface area contributed by atoms with Crippen LogP contribution in [0.3, 0.4) is 0 Å². The molecule has 0 aromatic heterocycles. The Morgan fingerprint density at radius 3 is 2.36 bits per heavy atom. The fourth-order valence-electron chi connectivity index (χ4n) is 2.71. The van der Waals surface area contributed by atoms with Crippen molar-refractivity contribution in [2.24, 2.45) is 0 Å². The van der Waals surface area contributed by atoms with Crippen LogP contribution in [0.2, 0.25) is 0 Å². The van der Waals surface area contributed by atoms with E-state index in [0.717, 1.165) is 5.56 Å². The average molecular weight is 408 g/mol. The monoisotopic (exact) mass is 408 g/mol. The van der Waals surface area contributed by atoms with E-state index in [9.17, 15) is 17.6 Å². The molecule has 1 amide bonds. The normalized spacial score (nSPS) is 12.6. The number of nitrogens with one attached hydrogen (secondary N) is 1. The van der Waals surface area contributed by atoms with Gasteiger partial charge in [-0.15, -0.1) is 0 Å². The van der Waals surface area contributed by atoms with Crippen molar-refractivity contribution >= 4 is 15.9 Å². The zero-order valence-electron chi connectivity index (χ0n) is 16.2. The highest BCUT2D eigenvalue weighted by atomic mass is 32.2. The van der Waals surface area contributed by atoms with Crippen molar-refractivity contribution in [1.29, 1.82) is 0 Å². The van der Waals surface area contributed by atoms with Gasteiger partial charge in [-0.1, -0.05) is 32.0 Å². The molecule has 2 aromatic rings. The van der Waals surface area contributed by atoms with Gasteiger partial charge in [-0.25, -0.2) is 12.8 Å². The van der Waals surface area contributed by atoms with Crippen molar-refractivity contribution in [2.75, 3.05) is 19.7 Å². The lowest BCUT2D eigenvalue weighted by atomic mass is 10.1. The highest BCUT2D eigenvalue weighted by Crippen LogP contribution is 2.19. The molecule has 0 heterocycles. The fourth-order valence-corrected chi connectivity index (χ4v) is 4.17. The Balaban J connectivity index is 1.97. The second-order valence-electron chi connectivity index (χ2n) is 6.19. The van der Waals surface area contributed by atoms with E-state index in [1.54, 1.807) is 39.0 Å². The summed E-state index contributed by atoms with van der Waals surface area (Å²) < 4.78 is 44.8. The van der Waals surface area contributed by atoms with Crippen molar-refractivity contribution in [3.05, 3.63) is 59.9 Å². The van der Waals surface area contributed by atoms with Crippen molar-refractivity contribution in [2.45, 2.75) is 31.7 Å².